The predicted octanol–water partition coefficient (Wildman–Crippen LogP) is 10.0. The van der Waals surface area contributed by atoms with Crippen molar-refractivity contribution in [3.63, 3.8) is 0 Å². The smallest absolute Gasteiger partial charge is 0.248 e. The predicted molar refractivity (Wildman–Crippen MR) is 169 cm³/mol. The Morgan fingerprint density at radius 3 is 2.24 bits per heavy atom. The van der Waals surface area contributed by atoms with Crippen molar-refractivity contribution in [2.45, 2.75) is 116 Å². The van der Waals surface area contributed by atoms with Gasteiger partial charge in [-0.15, -0.1) is 10.2 Å². The molecule has 0 radical (unpaired) electrons. The molecular weight excluding hydrogens is 502 g/mol. The van der Waals surface area contributed by atoms with E-state index in [1.165, 1.54) is 73.8 Å². The van der Waals surface area contributed by atoms with E-state index in [0.29, 0.717) is 17.7 Å². The second-order valence-electron chi connectivity index (χ2n) is 12.6. The van der Waals surface area contributed by atoms with Crippen molar-refractivity contribution in [3.05, 3.63) is 78.0 Å². The molecule has 0 saturated carbocycles. The Morgan fingerprint density at radius 2 is 1.56 bits per heavy atom. The SMILES string of the molecule is CCCCCC(C)(C)c1ccc(-c2nnc(-c3ccc4c(c3)-c3cccc[n+]3C(CC)(CCC)C4CCC)o2)cc1. The molecule has 41 heavy (non-hydrogen) atoms. The van der Waals surface area contributed by atoms with Crippen molar-refractivity contribution in [3.8, 4) is 34.2 Å². The number of benzene rings is 2. The van der Waals surface area contributed by atoms with Crippen LogP contribution in [0.15, 0.2) is 71.3 Å². The normalized spacial score (nSPS) is 18.2. The second-order valence-corrected chi connectivity index (χ2v) is 12.6. The van der Waals surface area contributed by atoms with E-state index in [2.05, 4.69) is 123 Å². The molecule has 0 bridgehead atoms. The lowest BCUT2D eigenvalue weighted by atomic mass is 9.68. The molecule has 4 nitrogen and oxygen atoms in total. The minimum atomic E-state index is 0.101. The molecule has 0 saturated heterocycles. The molecule has 2 atom stereocenters. The van der Waals surface area contributed by atoms with Crippen LogP contribution in [0.5, 0.6) is 0 Å². The van der Waals surface area contributed by atoms with E-state index in [1.54, 1.807) is 0 Å². The van der Waals surface area contributed by atoms with Crippen molar-refractivity contribution in [1.82, 2.24) is 10.2 Å². The molecule has 2 aromatic carbocycles. The molecule has 2 unspecified atom stereocenters. The molecule has 0 fully saturated rings. The van der Waals surface area contributed by atoms with Crippen molar-refractivity contribution in [1.29, 1.82) is 0 Å². The highest BCUT2D eigenvalue weighted by molar-refractivity contribution is 5.71. The fourth-order valence-corrected chi connectivity index (χ4v) is 7.24. The third-order valence-corrected chi connectivity index (χ3v) is 9.56. The highest BCUT2D eigenvalue weighted by atomic mass is 16.4. The number of rotatable bonds is 12. The van der Waals surface area contributed by atoms with Crippen LogP contribution in [0.1, 0.15) is 116 Å². The van der Waals surface area contributed by atoms with E-state index in [0.717, 1.165) is 17.5 Å². The van der Waals surface area contributed by atoms with Gasteiger partial charge in [-0.3, -0.25) is 0 Å². The zero-order valence-electron chi connectivity index (χ0n) is 26.0. The number of hydrogen-bond acceptors (Lipinski definition) is 3. The first-order chi connectivity index (χ1) is 19.9. The third-order valence-electron chi connectivity index (χ3n) is 9.56. The first-order valence-electron chi connectivity index (χ1n) is 16.0. The van der Waals surface area contributed by atoms with Gasteiger partial charge in [0.1, 0.15) is 0 Å². The zero-order valence-corrected chi connectivity index (χ0v) is 26.0. The maximum absolute atomic E-state index is 6.29. The summed E-state index contributed by atoms with van der Waals surface area (Å²) in [6.07, 6.45) is 13.1. The van der Waals surface area contributed by atoms with E-state index in [1.807, 2.05) is 0 Å². The lowest BCUT2D eigenvalue weighted by molar-refractivity contribution is -0.763. The number of pyridine rings is 1. The van der Waals surface area contributed by atoms with Crippen molar-refractivity contribution >= 4 is 0 Å². The fraction of sp³-hybridized carbons (Fsp3) is 0.486. The van der Waals surface area contributed by atoms with Crippen LogP contribution < -0.4 is 4.57 Å². The van der Waals surface area contributed by atoms with Crippen LogP contribution >= 0.6 is 0 Å². The summed E-state index contributed by atoms with van der Waals surface area (Å²) < 4.78 is 8.86. The second kappa shape index (κ2) is 12.3. The molecule has 4 heteroatoms. The summed E-state index contributed by atoms with van der Waals surface area (Å²) in [7, 11) is 0. The van der Waals surface area contributed by atoms with E-state index >= 15 is 0 Å². The topological polar surface area (TPSA) is 42.8 Å². The molecule has 4 aromatic rings. The average molecular weight is 551 g/mol. The number of hydrogen-bond donors (Lipinski definition) is 0. The van der Waals surface area contributed by atoms with Gasteiger partial charge in [0.15, 0.2) is 11.7 Å². The summed E-state index contributed by atoms with van der Waals surface area (Å²) in [5.74, 6) is 1.62. The van der Waals surface area contributed by atoms with Crippen molar-refractivity contribution in [2.75, 3.05) is 0 Å². The zero-order chi connectivity index (χ0) is 29.0. The Morgan fingerprint density at radius 1 is 0.829 bits per heavy atom. The van der Waals surface area contributed by atoms with Gasteiger partial charge in [-0.2, -0.15) is 4.57 Å². The lowest BCUT2D eigenvalue weighted by Gasteiger charge is -2.40. The molecule has 1 aliphatic rings. The molecular formula is C37H48N3O+. The Hall–Kier alpha value is -3.27. The van der Waals surface area contributed by atoms with Gasteiger partial charge in [-0.25, -0.2) is 0 Å². The molecule has 216 valence electrons. The summed E-state index contributed by atoms with van der Waals surface area (Å²) in [6, 6.07) is 22.1. The summed E-state index contributed by atoms with van der Waals surface area (Å²) in [4.78, 5) is 0. The van der Waals surface area contributed by atoms with Gasteiger partial charge in [-0.05, 0) is 66.1 Å². The number of fused-ring (bicyclic) bond motifs is 3. The van der Waals surface area contributed by atoms with Crippen molar-refractivity contribution < 1.29 is 8.98 Å². The van der Waals surface area contributed by atoms with Crippen LogP contribution in [-0.2, 0) is 11.0 Å². The summed E-state index contributed by atoms with van der Waals surface area (Å²) in [6.45, 7) is 13.9. The van der Waals surface area contributed by atoms with Gasteiger partial charge in [0.05, 0.1) is 5.56 Å². The maximum Gasteiger partial charge on any atom is 0.248 e. The van der Waals surface area contributed by atoms with Crippen LogP contribution in [0.3, 0.4) is 0 Å². The van der Waals surface area contributed by atoms with Crippen molar-refractivity contribution in [2.24, 2.45) is 0 Å². The Kier molecular flexibility index (Phi) is 8.77. The van der Waals surface area contributed by atoms with Crippen LogP contribution in [0, 0.1) is 0 Å². The number of nitrogens with zero attached hydrogens (tertiary/aromatic N) is 3. The molecule has 2 aromatic heterocycles. The highest BCUT2D eigenvalue weighted by Crippen LogP contribution is 2.48. The van der Waals surface area contributed by atoms with Gasteiger partial charge >= 0.3 is 0 Å². The van der Waals surface area contributed by atoms with E-state index < -0.39 is 0 Å². The van der Waals surface area contributed by atoms with Gasteiger partial charge in [-0.1, -0.05) is 85.4 Å². The minimum absolute atomic E-state index is 0.101. The first-order valence-corrected chi connectivity index (χ1v) is 16.0. The van der Waals surface area contributed by atoms with Gasteiger partial charge in [0.2, 0.25) is 17.5 Å². The van der Waals surface area contributed by atoms with Crippen LogP contribution in [-0.4, -0.2) is 10.2 Å². The Balaban J connectivity index is 1.47. The largest absolute Gasteiger partial charge is 0.416 e. The monoisotopic (exact) mass is 550 g/mol. The number of unbranched alkanes of at least 4 members (excludes halogenated alkanes) is 2. The van der Waals surface area contributed by atoms with E-state index in [-0.39, 0.29) is 11.0 Å². The fourth-order valence-electron chi connectivity index (χ4n) is 7.24. The molecule has 0 N–H and O–H groups in total. The van der Waals surface area contributed by atoms with Crippen LogP contribution in [0.4, 0.5) is 0 Å². The lowest BCUT2D eigenvalue weighted by Crippen LogP contribution is -2.62. The van der Waals surface area contributed by atoms with E-state index in [4.69, 9.17) is 4.42 Å². The van der Waals surface area contributed by atoms with Gasteiger partial charge < -0.3 is 4.42 Å². The average Bonchev–Trinajstić information content (AvgIpc) is 3.49. The van der Waals surface area contributed by atoms with Gasteiger partial charge in [0, 0.05) is 42.0 Å². The quantitative estimate of drug-likeness (QED) is 0.130. The summed E-state index contributed by atoms with van der Waals surface area (Å²) in [5.41, 5.74) is 7.58. The maximum atomic E-state index is 6.29. The Labute approximate surface area is 247 Å². The molecule has 1 aliphatic heterocycles. The standard InChI is InChI=1S/C37H48N3O/c1-7-11-13-24-36(5,6)29-20-17-27(18-21-29)34-38-39-35(41-34)28-19-22-30-31(26-28)33-16-12-14-25-40(33)37(10-4,23-9-3)32(30)15-8-2/h12,14,16-22,25-26,32H,7-11,13,15,23-24H2,1-6H3/q+1. The molecule has 0 amide bonds. The molecule has 3 heterocycles. The minimum Gasteiger partial charge on any atom is -0.416 e. The summed E-state index contributed by atoms with van der Waals surface area (Å²) in [5, 5.41) is 8.95. The third kappa shape index (κ3) is 5.50. The van der Waals surface area contributed by atoms with Gasteiger partial charge in [0.25, 0.3) is 0 Å². The van der Waals surface area contributed by atoms with Crippen LogP contribution in [0.2, 0.25) is 0 Å². The molecule has 0 spiro atoms. The van der Waals surface area contributed by atoms with Crippen LogP contribution in [0.25, 0.3) is 34.2 Å². The molecule has 5 rings (SSSR count). The van der Waals surface area contributed by atoms with E-state index in [9.17, 15) is 0 Å². The number of aromatic nitrogens is 3. The molecule has 0 aliphatic carbocycles. The first kappa shape index (κ1) is 29.2. The summed E-state index contributed by atoms with van der Waals surface area (Å²) >= 11 is 0. The highest BCUT2D eigenvalue weighted by Gasteiger charge is 2.51. The Bertz CT molecular complexity index is 1450.